The summed E-state index contributed by atoms with van der Waals surface area (Å²) in [4.78, 5) is 28.4. The number of nitrogens with zero attached hydrogens (tertiary/aromatic N) is 2. The van der Waals surface area contributed by atoms with Gasteiger partial charge in [-0.25, -0.2) is 0 Å². The second-order valence-electron chi connectivity index (χ2n) is 6.25. The van der Waals surface area contributed by atoms with Gasteiger partial charge in [0.1, 0.15) is 0 Å². The molecule has 3 rings (SSSR count). The zero-order chi connectivity index (χ0) is 15.1. The van der Waals surface area contributed by atoms with Gasteiger partial charge >= 0.3 is 0 Å². The molecule has 0 saturated heterocycles. The average Bonchev–Trinajstić information content (AvgIpc) is 2.49. The van der Waals surface area contributed by atoms with Crippen molar-refractivity contribution in [2.75, 3.05) is 20.6 Å². The third kappa shape index (κ3) is 2.27. The van der Waals surface area contributed by atoms with E-state index in [1.54, 1.807) is 19.0 Å². The summed E-state index contributed by atoms with van der Waals surface area (Å²) in [7, 11) is 3.60. The van der Waals surface area contributed by atoms with E-state index in [9.17, 15) is 9.59 Å². The van der Waals surface area contributed by atoms with E-state index in [-0.39, 0.29) is 23.8 Å². The summed E-state index contributed by atoms with van der Waals surface area (Å²) in [5, 5.41) is 0. The lowest BCUT2D eigenvalue weighted by molar-refractivity contribution is -0.135. The van der Waals surface area contributed by atoms with Crippen molar-refractivity contribution in [3.8, 4) is 0 Å². The highest BCUT2D eigenvalue weighted by Crippen LogP contribution is 2.40. The van der Waals surface area contributed by atoms with Gasteiger partial charge in [-0.15, -0.1) is 0 Å². The molecular formula is C17H22N2O2. The maximum Gasteiger partial charge on any atom is 0.239 e. The number of rotatable bonds is 2. The first-order valence-corrected chi connectivity index (χ1v) is 7.62. The van der Waals surface area contributed by atoms with Crippen LogP contribution in [0.25, 0.3) is 0 Å². The van der Waals surface area contributed by atoms with Crippen molar-refractivity contribution in [1.82, 2.24) is 9.80 Å². The fraction of sp³-hybridized carbons (Fsp3) is 0.529. The fourth-order valence-electron chi connectivity index (χ4n) is 3.73. The lowest BCUT2D eigenvalue weighted by atomic mass is 9.79. The van der Waals surface area contributed by atoms with Gasteiger partial charge in [0.2, 0.25) is 5.91 Å². The normalized spacial score (nSPS) is 22.6. The summed E-state index contributed by atoms with van der Waals surface area (Å²) in [6, 6.07) is 6.12. The van der Waals surface area contributed by atoms with Crippen molar-refractivity contribution in [1.29, 1.82) is 0 Å². The van der Waals surface area contributed by atoms with E-state index in [0.717, 1.165) is 24.9 Å². The highest BCUT2D eigenvalue weighted by Gasteiger charge is 2.38. The maximum absolute atomic E-state index is 12.3. The minimum absolute atomic E-state index is 0.132. The third-order valence-corrected chi connectivity index (χ3v) is 4.81. The van der Waals surface area contributed by atoms with Crippen molar-refractivity contribution >= 4 is 11.7 Å². The van der Waals surface area contributed by atoms with Crippen molar-refractivity contribution in [2.24, 2.45) is 0 Å². The molecule has 21 heavy (non-hydrogen) atoms. The van der Waals surface area contributed by atoms with Crippen molar-refractivity contribution < 1.29 is 9.59 Å². The molecule has 112 valence electrons. The van der Waals surface area contributed by atoms with Crippen LogP contribution >= 0.6 is 0 Å². The molecule has 0 spiro atoms. The molecule has 0 radical (unpaired) electrons. The molecule has 1 aromatic carbocycles. The molecule has 1 aromatic rings. The first kappa shape index (κ1) is 14.3. The predicted molar refractivity (Wildman–Crippen MR) is 81.3 cm³/mol. The van der Waals surface area contributed by atoms with Gasteiger partial charge in [0.25, 0.3) is 0 Å². The molecule has 1 aliphatic carbocycles. The van der Waals surface area contributed by atoms with Gasteiger partial charge in [-0.1, -0.05) is 18.2 Å². The number of ketones is 1. The first-order chi connectivity index (χ1) is 10.0. The maximum atomic E-state index is 12.3. The largest absolute Gasteiger partial charge is 0.347 e. The van der Waals surface area contributed by atoms with Gasteiger partial charge in [-0.05, 0) is 30.9 Å². The van der Waals surface area contributed by atoms with Crippen LogP contribution in [0.1, 0.15) is 47.3 Å². The number of benzene rings is 1. The molecule has 1 heterocycles. The molecule has 0 aromatic heterocycles. The van der Waals surface area contributed by atoms with Crippen LogP contribution in [0.2, 0.25) is 0 Å². The van der Waals surface area contributed by atoms with Crippen LogP contribution in [0.15, 0.2) is 18.2 Å². The Morgan fingerprint density at radius 2 is 2.10 bits per heavy atom. The summed E-state index contributed by atoms with van der Waals surface area (Å²) in [5.41, 5.74) is 3.34. The monoisotopic (exact) mass is 286 g/mol. The van der Waals surface area contributed by atoms with E-state index in [1.165, 1.54) is 11.1 Å². The Hall–Kier alpha value is -1.68. The van der Waals surface area contributed by atoms with E-state index in [4.69, 9.17) is 0 Å². The molecule has 4 nitrogen and oxygen atoms in total. The van der Waals surface area contributed by atoms with Crippen LogP contribution in [-0.4, -0.2) is 48.2 Å². The standard InChI is InChI=1S/C17H22N2O2/c1-11(17(21)18(2)3)19-10-9-12-5-4-6-13-15(20)8-7-14(19)16(12)13/h4-6,11,14H,7-10H2,1-3H3. The van der Waals surface area contributed by atoms with Crippen LogP contribution in [0.4, 0.5) is 0 Å². The Balaban J connectivity index is 1.99. The topological polar surface area (TPSA) is 40.6 Å². The molecular weight excluding hydrogens is 264 g/mol. The molecule has 2 aliphatic rings. The van der Waals surface area contributed by atoms with Gasteiger partial charge in [-0.2, -0.15) is 0 Å². The number of carbonyl (C=O) groups excluding carboxylic acids is 2. The minimum atomic E-state index is -0.139. The average molecular weight is 286 g/mol. The number of hydrogen-bond donors (Lipinski definition) is 0. The molecule has 2 atom stereocenters. The van der Waals surface area contributed by atoms with Crippen molar-refractivity contribution in [3.05, 3.63) is 34.9 Å². The summed E-state index contributed by atoms with van der Waals surface area (Å²) >= 11 is 0. The lowest BCUT2D eigenvalue weighted by Crippen LogP contribution is -2.50. The smallest absolute Gasteiger partial charge is 0.239 e. The minimum Gasteiger partial charge on any atom is -0.347 e. The highest BCUT2D eigenvalue weighted by atomic mass is 16.2. The zero-order valence-electron chi connectivity index (χ0n) is 12.9. The van der Waals surface area contributed by atoms with Crippen molar-refractivity contribution in [3.63, 3.8) is 0 Å². The van der Waals surface area contributed by atoms with Crippen LogP contribution in [0.3, 0.4) is 0 Å². The molecule has 0 bridgehead atoms. The molecule has 4 heteroatoms. The first-order valence-electron chi connectivity index (χ1n) is 7.62. The van der Waals surface area contributed by atoms with E-state index in [2.05, 4.69) is 11.0 Å². The SMILES string of the molecule is CC(C(=O)N(C)C)N1CCc2cccc3c2C1CCC3=O. The quantitative estimate of drug-likeness (QED) is 0.835. The van der Waals surface area contributed by atoms with Crippen molar-refractivity contribution in [2.45, 2.75) is 38.3 Å². The van der Waals surface area contributed by atoms with E-state index in [1.807, 2.05) is 19.1 Å². The second kappa shape index (κ2) is 5.26. The van der Waals surface area contributed by atoms with E-state index >= 15 is 0 Å². The second-order valence-corrected chi connectivity index (χ2v) is 6.25. The Bertz CT molecular complexity index is 594. The van der Waals surface area contributed by atoms with Crippen LogP contribution in [-0.2, 0) is 11.2 Å². The Morgan fingerprint density at radius 1 is 1.33 bits per heavy atom. The van der Waals surface area contributed by atoms with Gasteiger partial charge in [0.15, 0.2) is 5.78 Å². The van der Waals surface area contributed by atoms with Crippen LogP contribution < -0.4 is 0 Å². The van der Waals surface area contributed by atoms with E-state index < -0.39 is 0 Å². The molecule has 1 aliphatic heterocycles. The predicted octanol–water partition coefficient (Wildman–Crippen LogP) is 2.04. The van der Waals surface area contributed by atoms with Crippen LogP contribution in [0.5, 0.6) is 0 Å². The highest BCUT2D eigenvalue weighted by molar-refractivity contribution is 5.99. The Morgan fingerprint density at radius 3 is 2.81 bits per heavy atom. The summed E-state index contributed by atoms with van der Waals surface area (Å²) in [6.07, 6.45) is 2.33. The number of amides is 1. The van der Waals surface area contributed by atoms with Crippen LogP contribution in [0, 0.1) is 0 Å². The zero-order valence-corrected chi connectivity index (χ0v) is 12.9. The number of carbonyl (C=O) groups is 2. The molecule has 0 fully saturated rings. The molecule has 0 saturated carbocycles. The number of Topliss-reactive ketones (excluding diaryl/α,β-unsaturated/α-hetero) is 1. The number of hydrogen-bond acceptors (Lipinski definition) is 3. The van der Waals surface area contributed by atoms with Gasteiger partial charge in [0, 0.05) is 38.7 Å². The van der Waals surface area contributed by atoms with E-state index in [0.29, 0.717) is 6.42 Å². The summed E-state index contributed by atoms with van der Waals surface area (Å²) < 4.78 is 0. The number of likely N-dealkylation sites (N-methyl/N-ethyl adjacent to an activating group) is 1. The van der Waals surface area contributed by atoms with Gasteiger partial charge in [-0.3, -0.25) is 14.5 Å². The third-order valence-electron chi connectivity index (χ3n) is 4.81. The molecule has 2 unspecified atom stereocenters. The molecule has 0 N–H and O–H groups in total. The Labute approximate surface area is 125 Å². The van der Waals surface area contributed by atoms with Gasteiger partial charge in [0.05, 0.1) is 6.04 Å². The summed E-state index contributed by atoms with van der Waals surface area (Å²) in [6.45, 7) is 2.86. The molecule has 1 amide bonds. The fourth-order valence-corrected chi connectivity index (χ4v) is 3.73. The Kier molecular flexibility index (Phi) is 3.57. The van der Waals surface area contributed by atoms with Gasteiger partial charge < -0.3 is 4.90 Å². The summed E-state index contributed by atoms with van der Waals surface area (Å²) in [5.74, 6) is 0.379. The lowest BCUT2D eigenvalue weighted by Gasteiger charge is -2.43.